The van der Waals surface area contributed by atoms with Crippen LogP contribution in [0.2, 0.25) is 0 Å². The van der Waals surface area contributed by atoms with E-state index < -0.39 is 17.7 Å². The Kier molecular flexibility index (Phi) is 3.76. The lowest BCUT2D eigenvalue weighted by atomic mass is 10.1. The average Bonchev–Trinajstić information content (AvgIpc) is 3.12. The number of benzene rings is 2. The van der Waals surface area contributed by atoms with E-state index in [4.69, 9.17) is 4.42 Å². The predicted molar refractivity (Wildman–Crippen MR) is 92.4 cm³/mol. The lowest BCUT2D eigenvalue weighted by Crippen LogP contribution is -2.40. The van der Waals surface area contributed by atoms with Gasteiger partial charge >= 0.3 is 0 Å². The van der Waals surface area contributed by atoms with Crippen LogP contribution in [0.5, 0.6) is 0 Å². The summed E-state index contributed by atoms with van der Waals surface area (Å²) in [5.41, 5.74) is 2.90. The van der Waals surface area contributed by atoms with Crippen LogP contribution in [-0.2, 0) is 11.3 Å². The summed E-state index contributed by atoms with van der Waals surface area (Å²) < 4.78 is 5.47. The van der Waals surface area contributed by atoms with Crippen molar-refractivity contribution in [3.05, 3.63) is 65.0 Å². The molecular formula is C19H15N3O4. The number of carbonyl (C=O) groups is 3. The number of nitrogens with one attached hydrogen (secondary N) is 1. The minimum absolute atomic E-state index is 0.262. The van der Waals surface area contributed by atoms with Gasteiger partial charge in [0.15, 0.2) is 11.5 Å². The molecule has 1 aliphatic rings. The Labute approximate surface area is 148 Å². The fourth-order valence-corrected chi connectivity index (χ4v) is 2.98. The molecule has 0 unspecified atom stereocenters. The van der Waals surface area contributed by atoms with Gasteiger partial charge in [-0.05, 0) is 29.8 Å². The summed E-state index contributed by atoms with van der Waals surface area (Å²) >= 11 is 0. The first-order chi connectivity index (χ1) is 12.5. The van der Waals surface area contributed by atoms with Crippen LogP contribution in [-0.4, -0.2) is 34.2 Å². The van der Waals surface area contributed by atoms with Gasteiger partial charge in [-0.3, -0.25) is 19.3 Å². The molecule has 2 heterocycles. The molecule has 1 aromatic heterocycles. The van der Waals surface area contributed by atoms with Crippen LogP contribution in [0.3, 0.4) is 0 Å². The molecule has 2 aromatic carbocycles. The summed E-state index contributed by atoms with van der Waals surface area (Å²) in [4.78, 5) is 41.9. The Morgan fingerprint density at radius 2 is 1.81 bits per heavy atom. The van der Waals surface area contributed by atoms with Gasteiger partial charge in [-0.15, -0.1) is 0 Å². The molecule has 0 saturated heterocycles. The second kappa shape index (κ2) is 6.11. The van der Waals surface area contributed by atoms with E-state index in [1.807, 2.05) is 12.1 Å². The van der Waals surface area contributed by atoms with Crippen molar-refractivity contribution in [2.75, 3.05) is 6.54 Å². The van der Waals surface area contributed by atoms with Crippen LogP contribution in [0, 0.1) is 6.92 Å². The Balaban J connectivity index is 1.41. The fraction of sp³-hybridized carbons (Fsp3) is 0.158. The van der Waals surface area contributed by atoms with Gasteiger partial charge in [0.2, 0.25) is 5.91 Å². The van der Waals surface area contributed by atoms with E-state index in [9.17, 15) is 14.4 Å². The highest BCUT2D eigenvalue weighted by molar-refractivity contribution is 6.22. The molecule has 0 spiro atoms. The minimum atomic E-state index is -0.445. The molecule has 3 amide bonds. The summed E-state index contributed by atoms with van der Waals surface area (Å²) in [6.07, 6.45) is 0. The van der Waals surface area contributed by atoms with Gasteiger partial charge < -0.3 is 9.73 Å². The highest BCUT2D eigenvalue weighted by Crippen LogP contribution is 2.22. The number of aryl methyl sites for hydroxylation is 1. The smallest absolute Gasteiger partial charge is 0.262 e. The zero-order valence-electron chi connectivity index (χ0n) is 14.0. The molecule has 0 aliphatic carbocycles. The van der Waals surface area contributed by atoms with Crippen LogP contribution < -0.4 is 5.32 Å². The molecule has 130 valence electrons. The Hall–Kier alpha value is -3.48. The molecule has 0 saturated carbocycles. The van der Waals surface area contributed by atoms with Crippen LogP contribution in [0.25, 0.3) is 11.1 Å². The first kappa shape index (κ1) is 16.0. The third-order valence-electron chi connectivity index (χ3n) is 4.23. The Bertz CT molecular complexity index is 1020. The number of hydrogen-bond acceptors (Lipinski definition) is 5. The summed E-state index contributed by atoms with van der Waals surface area (Å²) in [6, 6.07) is 12.0. The molecule has 4 rings (SSSR count). The van der Waals surface area contributed by atoms with E-state index in [0.717, 1.165) is 16.0 Å². The van der Waals surface area contributed by atoms with Gasteiger partial charge in [0.25, 0.3) is 11.8 Å². The normalized spacial score (nSPS) is 13.3. The second-order valence-corrected chi connectivity index (χ2v) is 6.05. The van der Waals surface area contributed by atoms with Crippen LogP contribution in [0.15, 0.2) is 46.9 Å². The van der Waals surface area contributed by atoms with E-state index in [2.05, 4.69) is 10.3 Å². The molecule has 0 fully saturated rings. The summed E-state index contributed by atoms with van der Waals surface area (Å²) in [7, 11) is 0. The van der Waals surface area contributed by atoms with Gasteiger partial charge in [-0.1, -0.05) is 18.2 Å². The van der Waals surface area contributed by atoms with Gasteiger partial charge in [0, 0.05) is 13.5 Å². The molecule has 1 aliphatic heterocycles. The van der Waals surface area contributed by atoms with Gasteiger partial charge in [0.05, 0.1) is 11.1 Å². The van der Waals surface area contributed by atoms with Crippen molar-refractivity contribution in [3.63, 3.8) is 0 Å². The third-order valence-corrected chi connectivity index (χ3v) is 4.23. The van der Waals surface area contributed by atoms with Crippen molar-refractivity contribution in [2.45, 2.75) is 13.5 Å². The van der Waals surface area contributed by atoms with Crippen molar-refractivity contribution in [3.8, 4) is 0 Å². The van der Waals surface area contributed by atoms with Crippen molar-refractivity contribution >= 4 is 28.8 Å². The summed E-state index contributed by atoms with van der Waals surface area (Å²) in [6.45, 7) is 1.72. The number of hydrogen-bond donors (Lipinski definition) is 1. The maximum atomic E-state index is 12.3. The summed E-state index contributed by atoms with van der Waals surface area (Å²) in [5, 5.41) is 2.72. The van der Waals surface area contributed by atoms with E-state index in [0.29, 0.717) is 22.6 Å². The standard InChI is InChI=1S/C19H15N3O4/c1-11-21-15-7-6-12(8-16(15)26-11)9-20-17(23)10-22-18(24)13-4-2-3-5-14(13)19(22)25/h2-8H,9-10H2,1H3,(H,20,23). The number of amides is 3. The largest absolute Gasteiger partial charge is 0.441 e. The lowest BCUT2D eigenvalue weighted by Gasteiger charge is -2.13. The first-order valence-corrected chi connectivity index (χ1v) is 8.11. The van der Waals surface area contributed by atoms with E-state index in [-0.39, 0.29) is 13.1 Å². The molecule has 3 aromatic rings. The maximum Gasteiger partial charge on any atom is 0.262 e. The van der Waals surface area contributed by atoms with Crippen LogP contribution in [0.4, 0.5) is 0 Å². The molecule has 7 heteroatoms. The summed E-state index contributed by atoms with van der Waals surface area (Å²) in [5.74, 6) is -0.723. The number of fused-ring (bicyclic) bond motifs is 2. The lowest BCUT2D eigenvalue weighted by molar-refractivity contribution is -0.121. The number of nitrogens with zero attached hydrogens (tertiary/aromatic N) is 2. The van der Waals surface area contributed by atoms with Crippen LogP contribution >= 0.6 is 0 Å². The highest BCUT2D eigenvalue weighted by Gasteiger charge is 2.36. The molecule has 0 radical (unpaired) electrons. The second-order valence-electron chi connectivity index (χ2n) is 6.05. The fourth-order valence-electron chi connectivity index (χ4n) is 2.98. The van der Waals surface area contributed by atoms with E-state index in [1.165, 1.54) is 0 Å². The topological polar surface area (TPSA) is 92.5 Å². The Morgan fingerprint density at radius 3 is 2.50 bits per heavy atom. The monoisotopic (exact) mass is 349 g/mol. The first-order valence-electron chi connectivity index (χ1n) is 8.11. The molecule has 7 nitrogen and oxygen atoms in total. The Morgan fingerprint density at radius 1 is 1.12 bits per heavy atom. The average molecular weight is 349 g/mol. The highest BCUT2D eigenvalue weighted by atomic mass is 16.3. The zero-order valence-corrected chi connectivity index (χ0v) is 14.0. The van der Waals surface area contributed by atoms with Gasteiger partial charge in [-0.2, -0.15) is 0 Å². The number of oxazole rings is 1. The number of carbonyl (C=O) groups excluding carboxylic acids is 3. The van der Waals surface area contributed by atoms with Crippen molar-refractivity contribution in [1.82, 2.24) is 15.2 Å². The molecule has 0 atom stereocenters. The van der Waals surface area contributed by atoms with Gasteiger partial charge in [-0.25, -0.2) is 4.98 Å². The molecular weight excluding hydrogens is 334 g/mol. The third kappa shape index (κ3) is 2.73. The van der Waals surface area contributed by atoms with E-state index in [1.54, 1.807) is 37.3 Å². The predicted octanol–water partition coefficient (Wildman–Crippen LogP) is 2.05. The van der Waals surface area contributed by atoms with Crippen molar-refractivity contribution < 1.29 is 18.8 Å². The van der Waals surface area contributed by atoms with Crippen LogP contribution in [0.1, 0.15) is 32.2 Å². The quantitative estimate of drug-likeness (QED) is 0.728. The van der Waals surface area contributed by atoms with Crippen molar-refractivity contribution in [1.29, 1.82) is 0 Å². The van der Waals surface area contributed by atoms with E-state index >= 15 is 0 Å². The maximum absolute atomic E-state index is 12.3. The molecule has 26 heavy (non-hydrogen) atoms. The molecule has 0 bridgehead atoms. The zero-order chi connectivity index (χ0) is 18.3. The minimum Gasteiger partial charge on any atom is -0.441 e. The van der Waals surface area contributed by atoms with Crippen molar-refractivity contribution in [2.24, 2.45) is 0 Å². The number of imide groups is 1. The molecule has 1 N–H and O–H groups in total. The van der Waals surface area contributed by atoms with Gasteiger partial charge in [0.1, 0.15) is 12.1 Å². The number of rotatable bonds is 4. The SMILES string of the molecule is Cc1nc2ccc(CNC(=O)CN3C(=O)c4ccccc4C3=O)cc2o1. The number of aromatic nitrogens is 1.